The summed E-state index contributed by atoms with van der Waals surface area (Å²) in [6.45, 7) is -1.89. The second-order valence-corrected chi connectivity index (χ2v) is 3.56. The van der Waals surface area contributed by atoms with E-state index in [1.807, 2.05) is 0 Å². The molecule has 6 heteroatoms. The number of alkyl halides is 2. The maximum Gasteiger partial charge on any atom is 0.387 e. The maximum atomic E-state index is 13.2. The summed E-state index contributed by atoms with van der Waals surface area (Å²) in [5.74, 6) is -1.97. The second kappa shape index (κ2) is 4.65. The molecule has 1 aromatic carbocycles. The van der Waals surface area contributed by atoms with Gasteiger partial charge in [-0.2, -0.15) is 8.78 Å². The van der Waals surface area contributed by atoms with Crippen LogP contribution >= 0.6 is 15.9 Å². The molecular formula is C9H6BrF3O2. The fourth-order valence-corrected chi connectivity index (χ4v) is 1.39. The molecule has 82 valence electrons. The third-order valence-electron chi connectivity index (χ3n) is 1.62. The van der Waals surface area contributed by atoms with Crippen LogP contribution in [0.2, 0.25) is 0 Å². The minimum absolute atomic E-state index is 0.0918. The number of halogens is 4. The lowest BCUT2D eigenvalue weighted by atomic mass is 10.1. The molecule has 0 saturated heterocycles. The van der Waals surface area contributed by atoms with Gasteiger partial charge in [0.25, 0.3) is 0 Å². The Kier molecular flexibility index (Phi) is 3.73. The number of ether oxygens (including phenoxy) is 1. The van der Waals surface area contributed by atoms with Crippen LogP contribution in [0.1, 0.15) is 17.3 Å². The fraction of sp³-hybridized carbons (Fsp3) is 0.222. The van der Waals surface area contributed by atoms with E-state index in [0.717, 1.165) is 6.07 Å². The zero-order valence-electron chi connectivity index (χ0n) is 7.56. The van der Waals surface area contributed by atoms with Crippen LogP contribution in [0.3, 0.4) is 0 Å². The van der Waals surface area contributed by atoms with Gasteiger partial charge in [-0.15, -0.1) is 0 Å². The van der Waals surface area contributed by atoms with Crippen LogP contribution in [-0.4, -0.2) is 12.4 Å². The Morgan fingerprint density at radius 3 is 2.53 bits per heavy atom. The SMILES string of the molecule is CC(=O)c1cc(Br)c(F)c(OC(F)F)c1. The molecule has 0 aliphatic heterocycles. The van der Waals surface area contributed by atoms with E-state index >= 15 is 0 Å². The fourth-order valence-electron chi connectivity index (χ4n) is 0.949. The maximum absolute atomic E-state index is 13.2. The Balaban J connectivity index is 3.19. The third-order valence-corrected chi connectivity index (χ3v) is 2.19. The van der Waals surface area contributed by atoms with Gasteiger partial charge in [-0.25, -0.2) is 4.39 Å². The number of benzene rings is 1. The van der Waals surface area contributed by atoms with Crippen molar-refractivity contribution in [3.05, 3.63) is 28.0 Å². The lowest BCUT2D eigenvalue weighted by Gasteiger charge is -2.08. The van der Waals surface area contributed by atoms with Crippen LogP contribution in [0.4, 0.5) is 13.2 Å². The van der Waals surface area contributed by atoms with E-state index in [4.69, 9.17) is 0 Å². The van der Waals surface area contributed by atoms with Crippen molar-refractivity contribution in [2.75, 3.05) is 0 Å². The van der Waals surface area contributed by atoms with E-state index < -0.39 is 18.2 Å². The topological polar surface area (TPSA) is 26.3 Å². The molecule has 0 aromatic heterocycles. The molecule has 0 heterocycles. The molecule has 0 atom stereocenters. The summed E-state index contributed by atoms with van der Waals surface area (Å²) < 4.78 is 40.8. The number of hydrogen-bond donors (Lipinski definition) is 0. The monoisotopic (exact) mass is 282 g/mol. The highest BCUT2D eigenvalue weighted by Crippen LogP contribution is 2.28. The van der Waals surface area contributed by atoms with E-state index in [9.17, 15) is 18.0 Å². The van der Waals surface area contributed by atoms with Crippen molar-refractivity contribution in [1.82, 2.24) is 0 Å². The average molecular weight is 283 g/mol. The Morgan fingerprint density at radius 2 is 2.07 bits per heavy atom. The summed E-state index contributed by atoms with van der Waals surface area (Å²) >= 11 is 2.80. The number of rotatable bonds is 3. The lowest BCUT2D eigenvalue weighted by molar-refractivity contribution is -0.0523. The van der Waals surface area contributed by atoms with Crippen molar-refractivity contribution >= 4 is 21.7 Å². The molecule has 0 aliphatic rings. The van der Waals surface area contributed by atoms with Crippen molar-refractivity contribution in [3.63, 3.8) is 0 Å². The molecule has 0 aliphatic carbocycles. The van der Waals surface area contributed by atoms with Crippen LogP contribution in [-0.2, 0) is 0 Å². The van der Waals surface area contributed by atoms with Crippen LogP contribution in [0.5, 0.6) is 5.75 Å². The van der Waals surface area contributed by atoms with Crippen LogP contribution in [0.15, 0.2) is 16.6 Å². The van der Waals surface area contributed by atoms with Crippen molar-refractivity contribution < 1.29 is 22.7 Å². The van der Waals surface area contributed by atoms with Gasteiger partial charge in [0.1, 0.15) is 0 Å². The predicted molar refractivity (Wildman–Crippen MR) is 50.7 cm³/mol. The molecule has 0 radical (unpaired) electrons. The molecular weight excluding hydrogens is 277 g/mol. The normalized spacial score (nSPS) is 10.5. The van der Waals surface area contributed by atoms with E-state index in [0.29, 0.717) is 0 Å². The largest absolute Gasteiger partial charge is 0.432 e. The third kappa shape index (κ3) is 2.95. The molecule has 0 amide bonds. The standard InChI is InChI=1S/C9H6BrF3O2/c1-4(14)5-2-6(10)8(11)7(3-5)15-9(12)13/h2-3,9H,1H3. The van der Waals surface area contributed by atoms with E-state index in [2.05, 4.69) is 20.7 Å². The van der Waals surface area contributed by atoms with Gasteiger partial charge in [0.15, 0.2) is 17.3 Å². The highest BCUT2D eigenvalue weighted by Gasteiger charge is 2.15. The molecule has 0 fully saturated rings. The predicted octanol–water partition coefficient (Wildman–Crippen LogP) is 3.39. The molecule has 0 N–H and O–H groups in total. The van der Waals surface area contributed by atoms with Gasteiger partial charge >= 0.3 is 6.61 Å². The molecule has 15 heavy (non-hydrogen) atoms. The average Bonchev–Trinajstić information content (AvgIpc) is 2.11. The molecule has 0 unspecified atom stereocenters. The highest BCUT2D eigenvalue weighted by atomic mass is 79.9. The van der Waals surface area contributed by atoms with Crippen molar-refractivity contribution in [1.29, 1.82) is 0 Å². The summed E-state index contributed by atoms with van der Waals surface area (Å²) in [5, 5.41) is 0. The van der Waals surface area contributed by atoms with Crippen molar-refractivity contribution in [2.45, 2.75) is 13.5 Å². The number of carbonyl (C=O) groups is 1. The van der Waals surface area contributed by atoms with Gasteiger partial charge in [0.05, 0.1) is 4.47 Å². The molecule has 1 aromatic rings. The molecule has 0 saturated carbocycles. The minimum Gasteiger partial charge on any atom is -0.432 e. The summed E-state index contributed by atoms with van der Waals surface area (Å²) in [4.78, 5) is 11.0. The minimum atomic E-state index is -3.13. The van der Waals surface area contributed by atoms with E-state index in [1.165, 1.54) is 13.0 Å². The van der Waals surface area contributed by atoms with Crippen LogP contribution in [0.25, 0.3) is 0 Å². The number of ketones is 1. The Morgan fingerprint density at radius 1 is 1.47 bits per heavy atom. The van der Waals surface area contributed by atoms with E-state index in [1.54, 1.807) is 0 Å². The van der Waals surface area contributed by atoms with Crippen LogP contribution in [0, 0.1) is 5.82 Å². The van der Waals surface area contributed by atoms with Crippen LogP contribution < -0.4 is 4.74 Å². The first-order chi connectivity index (χ1) is 6.91. The van der Waals surface area contributed by atoms with Gasteiger partial charge in [-0.1, -0.05) is 0 Å². The Labute approximate surface area is 92.2 Å². The van der Waals surface area contributed by atoms with Gasteiger partial charge in [0, 0.05) is 5.56 Å². The number of Topliss-reactive ketones (excluding diaryl/α,β-unsaturated/α-hetero) is 1. The first kappa shape index (κ1) is 12.0. The molecule has 2 nitrogen and oxygen atoms in total. The van der Waals surface area contributed by atoms with Gasteiger partial charge in [-0.05, 0) is 35.0 Å². The zero-order valence-corrected chi connectivity index (χ0v) is 9.15. The van der Waals surface area contributed by atoms with Crippen molar-refractivity contribution in [2.24, 2.45) is 0 Å². The molecule has 0 spiro atoms. The number of carbonyl (C=O) groups excluding carboxylic acids is 1. The van der Waals surface area contributed by atoms with Gasteiger partial charge < -0.3 is 4.74 Å². The van der Waals surface area contributed by atoms with Gasteiger partial charge in [0.2, 0.25) is 0 Å². The first-order valence-electron chi connectivity index (χ1n) is 3.86. The first-order valence-corrected chi connectivity index (χ1v) is 4.66. The Bertz CT molecular complexity index is 393. The highest BCUT2D eigenvalue weighted by molar-refractivity contribution is 9.10. The van der Waals surface area contributed by atoms with Crippen molar-refractivity contribution in [3.8, 4) is 5.75 Å². The quantitative estimate of drug-likeness (QED) is 0.795. The van der Waals surface area contributed by atoms with E-state index in [-0.39, 0.29) is 15.8 Å². The Hall–Kier alpha value is -1.04. The molecule has 0 bridgehead atoms. The zero-order chi connectivity index (χ0) is 11.6. The summed E-state index contributed by atoms with van der Waals surface area (Å²) in [6, 6.07) is 2.14. The summed E-state index contributed by atoms with van der Waals surface area (Å²) in [5.41, 5.74) is 0.0962. The lowest BCUT2D eigenvalue weighted by Crippen LogP contribution is -2.05. The van der Waals surface area contributed by atoms with Gasteiger partial charge in [-0.3, -0.25) is 4.79 Å². The smallest absolute Gasteiger partial charge is 0.387 e. The number of hydrogen-bond acceptors (Lipinski definition) is 2. The summed E-state index contributed by atoms with van der Waals surface area (Å²) in [6.07, 6.45) is 0. The second-order valence-electron chi connectivity index (χ2n) is 2.70. The molecule has 1 rings (SSSR count). The summed E-state index contributed by atoms with van der Waals surface area (Å²) in [7, 11) is 0.